The van der Waals surface area contributed by atoms with E-state index in [9.17, 15) is 14.3 Å². The lowest BCUT2D eigenvalue weighted by molar-refractivity contribution is -0.138. The van der Waals surface area contributed by atoms with Crippen LogP contribution in [0.2, 0.25) is 0 Å². The Morgan fingerprint density at radius 3 is 2.56 bits per heavy atom. The first-order chi connectivity index (χ1) is 12.9. The monoisotopic (exact) mass is 378 g/mol. The number of aliphatic imine (C=N–C) groups is 1. The van der Waals surface area contributed by atoms with Crippen LogP contribution in [-0.2, 0) is 4.79 Å². The lowest BCUT2D eigenvalue weighted by atomic mass is 9.85. The van der Waals surface area contributed by atoms with Gasteiger partial charge in [-0.15, -0.1) is 0 Å². The number of nitrogens with one attached hydrogen (secondary N) is 2. The molecule has 0 radical (unpaired) electrons. The van der Waals surface area contributed by atoms with E-state index in [-0.39, 0.29) is 18.0 Å². The summed E-state index contributed by atoms with van der Waals surface area (Å²) < 4.78 is 13.8. The summed E-state index contributed by atoms with van der Waals surface area (Å²) in [5.74, 6) is 0.201. The number of amides is 1. The summed E-state index contributed by atoms with van der Waals surface area (Å²) >= 11 is 0. The summed E-state index contributed by atoms with van der Waals surface area (Å²) in [6, 6.07) is 6.18. The molecule has 1 aromatic rings. The molecule has 0 saturated heterocycles. The van der Waals surface area contributed by atoms with Crippen LogP contribution in [0.4, 0.5) is 4.39 Å². The molecule has 1 aliphatic rings. The molecule has 2 rings (SSSR count). The highest BCUT2D eigenvalue weighted by atomic mass is 19.1. The minimum atomic E-state index is -0.987. The van der Waals surface area contributed by atoms with E-state index in [1.54, 1.807) is 37.2 Å². The minimum Gasteiger partial charge on any atom is -0.386 e. The summed E-state index contributed by atoms with van der Waals surface area (Å²) in [6.45, 7) is 3.12. The summed E-state index contributed by atoms with van der Waals surface area (Å²) in [7, 11) is 3.56. The molecule has 1 saturated carbocycles. The minimum absolute atomic E-state index is 0.117. The van der Waals surface area contributed by atoms with Crippen LogP contribution in [0.3, 0.4) is 0 Å². The molecule has 6 nitrogen and oxygen atoms in total. The molecule has 0 heterocycles. The maximum Gasteiger partial charge on any atom is 0.230 e. The van der Waals surface area contributed by atoms with E-state index in [2.05, 4.69) is 15.6 Å². The molecule has 1 unspecified atom stereocenters. The van der Waals surface area contributed by atoms with Crippen molar-refractivity contribution in [1.82, 2.24) is 15.5 Å². The number of aliphatic hydroxyl groups is 1. The topological polar surface area (TPSA) is 77.0 Å². The average molecular weight is 378 g/mol. The summed E-state index contributed by atoms with van der Waals surface area (Å²) in [5.41, 5.74) is -0.202. The smallest absolute Gasteiger partial charge is 0.230 e. The zero-order valence-corrected chi connectivity index (χ0v) is 16.5. The molecule has 27 heavy (non-hydrogen) atoms. The van der Waals surface area contributed by atoms with Crippen molar-refractivity contribution >= 4 is 11.9 Å². The van der Waals surface area contributed by atoms with Crippen molar-refractivity contribution in [2.24, 2.45) is 10.4 Å². The fourth-order valence-corrected chi connectivity index (χ4v) is 3.59. The summed E-state index contributed by atoms with van der Waals surface area (Å²) in [6.07, 6.45) is 2.75. The molecule has 3 N–H and O–H groups in total. The maximum absolute atomic E-state index is 13.8. The quantitative estimate of drug-likeness (QED) is 0.501. The van der Waals surface area contributed by atoms with Gasteiger partial charge in [0.15, 0.2) is 5.96 Å². The standard InChI is InChI=1S/C20H31FN4O2/c1-4-22-19(23-13-17(26)15-9-5-6-10-16(15)21)24-14-20(11-7-8-12-20)18(27)25(2)3/h5-6,9-10,17,26H,4,7-8,11-14H2,1-3H3,(H2,22,23,24). The van der Waals surface area contributed by atoms with Crippen LogP contribution in [-0.4, -0.2) is 55.6 Å². The number of benzene rings is 1. The fourth-order valence-electron chi connectivity index (χ4n) is 3.59. The maximum atomic E-state index is 13.8. The Morgan fingerprint density at radius 1 is 1.30 bits per heavy atom. The van der Waals surface area contributed by atoms with Crippen LogP contribution in [0.15, 0.2) is 29.3 Å². The largest absolute Gasteiger partial charge is 0.386 e. The van der Waals surface area contributed by atoms with Crippen LogP contribution in [0.25, 0.3) is 0 Å². The molecule has 1 aromatic carbocycles. The van der Waals surface area contributed by atoms with E-state index in [4.69, 9.17) is 0 Å². The van der Waals surface area contributed by atoms with Gasteiger partial charge in [0, 0.05) is 32.7 Å². The van der Waals surface area contributed by atoms with Gasteiger partial charge in [0.25, 0.3) is 0 Å². The van der Waals surface area contributed by atoms with Gasteiger partial charge < -0.3 is 20.6 Å². The van der Waals surface area contributed by atoms with Crippen molar-refractivity contribution in [3.63, 3.8) is 0 Å². The van der Waals surface area contributed by atoms with Crippen LogP contribution >= 0.6 is 0 Å². The first kappa shape index (κ1) is 21.2. The van der Waals surface area contributed by atoms with Gasteiger partial charge in [-0.3, -0.25) is 9.79 Å². The Morgan fingerprint density at radius 2 is 1.96 bits per heavy atom. The number of hydrogen-bond donors (Lipinski definition) is 3. The first-order valence-electron chi connectivity index (χ1n) is 9.56. The molecule has 1 amide bonds. The number of carbonyl (C=O) groups is 1. The van der Waals surface area contributed by atoms with Gasteiger partial charge in [-0.1, -0.05) is 31.0 Å². The number of nitrogens with zero attached hydrogens (tertiary/aromatic N) is 2. The average Bonchev–Trinajstić information content (AvgIpc) is 3.13. The molecular formula is C20H31FN4O2. The van der Waals surface area contributed by atoms with E-state index >= 15 is 0 Å². The molecule has 150 valence electrons. The Balaban J connectivity index is 2.05. The molecule has 1 atom stereocenters. The van der Waals surface area contributed by atoms with Gasteiger partial charge >= 0.3 is 0 Å². The van der Waals surface area contributed by atoms with Gasteiger partial charge in [-0.05, 0) is 25.8 Å². The van der Waals surface area contributed by atoms with Crippen LogP contribution < -0.4 is 10.6 Å². The lowest BCUT2D eigenvalue weighted by Crippen LogP contribution is -2.43. The van der Waals surface area contributed by atoms with Gasteiger partial charge in [0.1, 0.15) is 5.82 Å². The Kier molecular flexibility index (Phi) is 7.59. The highest BCUT2D eigenvalue weighted by molar-refractivity contribution is 5.84. The van der Waals surface area contributed by atoms with Crippen molar-refractivity contribution < 1.29 is 14.3 Å². The van der Waals surface area contributed by atoms with Crippen LogP contribution in [0, 0.1) is 11.2 Å². The number of halogens is 1. The Hall–Kier alpha value is -2.15. The third kappa shape index (κ3) is 5.42. The van der Waals surface area contributed by atoms with Crippen molar-refractivity contribution in [2.45, 2.75) is 38.7 Å². The molecule has 0 aliphatic heterocycles. The highest BCUT2D eigenvalue weighted by Gasteiger charge is 2.42. The second-order valence-corrected chi connectivity index (χ2v) is 7.30. The van der Waals surface area contributed by atoms with Crippen molar-refractivity contribution in [2.75, 3.05) is 33.7 Å². The fraction of sp³-hybridized carbons (Fsp3) is 0.600. The van der Waals surface area contributed by atoms with Gasteiger partial charge in [-0.2, -0.15) is 0 Å². The molecule has 0 bridgehead atoms. The third-order valence-corrected chi connectivity index (χ3v) is 5.03. The Labute approximate surface area is 160 Å². The number of rotatable bonds is 7. The van der Waals surface area contributed by atoms with E-state index in [0.717, 1.165) is 25.7 Å². The lowest BCUT2D eigenvalue weighted by Gasteiger charge is -2.29. The second kappa shape index (κ2) is 9.69. The SMILES string of the molecule is CCNC(=NCC1(C(=O)N(C)C)CCCC1)NCC(O)c1ccccc1F. The van der Waals surface area contributed by atoms with E-state index in [1.807, 2.05) is 6.92 Å². The number of carbonyl (C=O) groups excluding carboxylic acids is 1. The summed E-state index contributed by atoms with van der Waals surface area (Å²) in [4.78, 5) is 18.9. The molecular weight excluding hydrogens is 347 g/mol. The third-order valence-electron chi connectivity index (χ3n) is 5.03. The van der Waals surface area contributed by atoms with Crippen molar-refractivity contribution in [3.05, 3.63) is 35.6 Å². The predicted molar refractivity (Wildman–Crippen MR) is 105 cm³/mol. The molecule has 1 aliphatic carbocycles. The normalized spacial score (nSPS) is 17.4. The second-order valence-electron chi connectivity index (χ2n) is 7.30. The van der Waals surface area contributed by atoms with Crippen LogP contribution in [0.5, 0.6) is 0 Å². The number of hydrogen-bond acceptors (Lipinski definition) is 3. The molecule has 0 aromatic heterocycles. The Bertz CT molecular complexity index is 657. The molecule has 0 spiro atoms. The van der Waals surface area contributed by atoms with Gasteiger partial charge in [0.05, 0.1) is 18.1 Å². The highest BCUT2D eigenvalue weighted by Crippen LogP contribution is 2.39. The first-order valence-corrected chi connectivity index (χ1v) is 9.56. The number of aliphatic hydroxyl groups excluding tert-OH is 1. The van der Waals surface area contributed by atoms with Gasteiger partial charge in [-0.25, -0.2) is 4.39 Å². The van der Waals surface area contributed by atoms with E-state index in [0.29, 0.717) is 19.0 Å². The molecule has 7 heteroatoms. The number of guanidine groups is 1. The van der Waals surface area contributed by atoms with E-state index < -0.39 is 17.3 Å². The zero-order valence-electron chi connectivity index (χ0n) is 16.5. The van der Waals surface area contributed by atoms with Gasteiger partial charge in [0.2, 0.25) is 5.91 Å². The summed E-state index contributed by atoms with van der Waals surface area (Å²) in [5, 5.41) is 16.4. The van der Waals surface area contributed by atoms with Crippen molar-refractivity contribution in [3.8, 4) is 0 Å². The van der Waals surface area contributed by atoms with Crippen LogP contribution in [0.1, 0.15) is 44.3 Å². The molecule has 1 fully saturated rings. The predicted octanol–water partition coefficient (Wildman–Crippen LogP) is 2.06. The van der Waals surface area contributed by atoms with E-state index in [1.165, 1.54) is 6.07 Å². The van der Waals surface area contributed by atoms with Crippen molar-refractivity contribution in [1.29, 1.82) is 0 Å². The zero-order chi connectivity index (χ0) is 19.9.